The second-order valence-electron chi connectivity index (χ2n) is 4.51. The van der Waals surface area contributed by atoms with Crippen LogP contribution >= 0.6 is 11.3 Å². The molecule has 1 N–H and O–H groups in total. The fourth-order valence-electron chi connectivity index (χ4n) is 2.05. The van der Waals surface area contributed by atoms with Crippen molar-refractivity contribution in [2.24, 2.45) is 0 Å². The highest BCUT2D eigenvalue weighted by atomic mass is 32.1. The van der Waals surface area contributed by atoms with E-state index in [1.165, 1.54) is 10.3 Å². The summed E-state index contributed by atoms with van der Waals surface area (Å²) in [5.74, 6) is 0. The number of fused-ring (bicyclic) bond motifs is 1. The minimum absolute atomic E-state index is 0.945. The normalized spacial score (nSPS) is 11.2. The van der Waals surface area contributed by atoms with Gasteiger partial charge in [-0.25, -0.2) is 4.98 Å². The molecule has 0 fully saturated rings. The third-order valence-corrected chi connectivity index (χ3v) is 4.02. The predicted molar refractivity (Wildman–Crippen MR) is 89.2 cm³/mol. The fraction of sp³-hybridized carbons (Fsp3) is 0.118. The molecule has 0 spiro atoms. The van der Waals surface area contributed by atoms with Crippen molar-refractivity contribution in [1.82, 2.24) is 4.98 Å². The molecular formula is C17H16N2S. The predicted octanol–water partition coefficient (Wildman–Crippen LogP) is 4.90. The average molecular weight is 280 g/mol. The Morgan fingerprint density at radius 3 is 2.60 bits per heavy atom. The largest absolute Gasteiger partial charge is 0.385 e. The molecular weight excluding hydrogens is 264 g/mol. The molecule has 0 aliphatic rings. The van der Waals surface area contributed by atoms with E-state index in [1.807, 2.05) is 18.2 Å². The van der Waals surface area contributed by atoms with E-state index in [1.54, 1.807) is 11.3 Å². The van der Waals surface area contributed by atoms with Crippen molar-refractivity contribution in [3.8, 4) is 0 Å². The van der Waals surface area contributed by atoms with Gasteiger partial charge in [-0.1, -0.05) is 30.3 Å². The van der Waals surface area contributed by atoms with Crippen molar-refractivity contribution in [1.29, 1.82) is 0 Å². The molecule has 0 amide bonds. The maximum absolute atomic E-state index is 4.59. The number of nitrogens with one attached hydrogen (secondary N) is 1. The minimum atomic E-state index is 0.945. The van der Waals surface area contributed by atoms with Gasteiger partial charge in [0.2, 0.25) is 0 Å². The lowest BCUT2D eigenvalue weighted by atomic mass is 10.2. The van der Waals surface area contributed by atoms with Gasteiger partial charge >= 0.3 is 0 Å². The van der Waals surface area contributed by atoms with Crippen molar-refractivity contribution in [3.63, 3.8) is 0 Å². The van der Waals surface area contributed by atoms with Crippen LogP contribution in [-0.2, 0) is 0 Å². The topological polar surface area (TPSA) is 24.9 Å². The van der Waals surface area contributed by atoms with Gasteiger partial charge in [-0.3, -0.25) is 0 Å². The lowest BCUT2D eigenvalue weighted by Gasteiger charge is -2.02. The Hall–Kier alpha value is -2.13. The molecule has 1 heterocycles. The van der Waals surface area contributed by atoms with E-state index in [9.17, 15) is 0 Å². The van der Waals surface area contributed by atoms with Gasteiger partial charge in [0.15, 0.2) is 0 Å². The molecule has 1 aromatic heterocycles. The van der Waals surface area contributed by atoms with Crippen LogP contribution in [0.4, 0.5) is 5.69 Å². The Morgan fingerprint density at radius 2 is 1.85 bits per heavy atom. The Balaban J connectivity index is 1.79. The van der Waals surface area contributed by atoms with Crippen molar-refractivity contribution < 1.29 is 0 Å². The van der Waals surface area contributed by atoms with Crippen LogP contribution < -0.4 is 5.32 Å². The van der Waals surface area contributed by atoms with Gasteiger partial charge in [-0.2, -0.15) is 0 Å². The van der Waals surface area contributed by atoms with Crippen LogP contribution in [0, 0.1) is 0 Å². The summed E-state index contributed by atoms with van der Waals surface area (Å²) in [7, 11) is 0. The lowest BCUT2D eigenvalue weighted by Crippen LogP contribution is -1.95. The van der Waals surface area contributed by atoms with Gasteiger partial charge in [0.05, 0.1) is 10.2 Å². The number of thiazole rings is 1. The first-order valence-electron chi connectivity index (χ1n) is 6.73. The first-order chi connectivity index (χ1) is 9.85. The van der Waals surface area contributed by atoms with Gasteiger partial charge in [-0.05, 0) is 42.8 Å². The van der Waals surface area contributed by atoms with E-state index < -0.39 is 0 Å². The Labute approximate surface area is 122 Å². The Kier molecular flexibility index (Phi) is 3.79. The maximum Gasteiger partial charge on any atom is 0.117 e. The van der Waals surface area contributed by atoms with E-state index in [0.717, 1.165) is 22.8 Å². The fourth-order valence-corrected chi connectivity index (χ4v) is 2.92. The molecule has 0 bridgehead atoms. The van der Waals surface area contributed by atoms with Gasteiger partial charge < -0.3 is 5.32 Å². The lowest BCUT2D eigenvalue weighted by molar-refractivity contribution is 1.21. The molecule has 2 nitrogen and oxygen atoms in total. The van der Waals surface area contributed by atoms with Gasteiger partial charge in [0, 0.05) is 12.2 Å². The van der Waals surface area contributed by atoms with E-state index in [2.05, 4.69) is 59.7 Å². The number of rotatable bonds is 4. The Bertz CT molecular complexity index is 693. The summed E-state index contributed by atoms with van der Waals surface area (Å²) in [5.41, 5.74) is 3.41. The maximum atomic E-state index is 4.59. The molecule has 0 atom stereocenters. The van der Waals surface area contributed by atoms with Crippen LogP contribution in [0.15, 0.2) is 48.5 Å². The second kappa shape index (κ2) is 5.88. The van der Waals surface area contributed by atoms with Crippen molar-refractivity contribution in [2.45, 2.75) is 6.92 Å². The van der Waals surface area contributed by atoms with E-state index in [-0.39, 0.29) is 0 Å². The quantitative estimate of drug-likeness (QED) is 0.735. The third-order valence-electron chi connectivity index (χ3n) is 3.02. The summed E-state index contributed by atoms with van der Waals surface area (Å²) in [4.78, 5) is 4.59. The van der Waals surface area contributed by atoms with Gasteiger partial charge in [0.1, 0.15) is 5.01 Å². The summed E-state index contributed by atoms with van der Waals surface area (Å²) >= 11 is 1.72. The summed E-state index contributed by atoms with van der Waals surface area (Å²) in [6.45, 7) is 3.04. The molecule has 0 radical (unpaired) electrons. The van der Waals surface area contributed by atoms with E-state index >= 15 is 0 Å². The molecule has 3 rings (SSSR count). The molecule has 3 aromatic rings. The Morgan fingerprint density at radius 1 is 1.05 bits per heavy atom. The monoisotopic (exact) mass is 280 g/mol. The number of hydrogen-bond acceptors (Lipinski definition) is 3. The number of hydrogen-bond donors (Lipinski definition) is 1. The molecule has 3 heteroatoms. The summed E-state index contributed by atoms with van der Waals surface area (Å²) in [6, 6.07) is 16.7. The van der Waals surface area contributed by atoms with Crippen molar-refractivity contribution in [3.05, 3.63) is 59.1 Å². The minimum Gasteiger partial charge on any atom is -0.385 e. The third kappa shape index (κ3) is 2.89. The molecule has 0 aliphatic carbocycles. The summed E-state index contributed by atoms with van der Waals surface area (Å²) in [6.07, 6.45) is 4.18. The average Bonchev–Trinajstić information content (AvgIpc) is 2.90. The summed E-state index contributed by atoms with van der Waals surface area (Å²) in [5, 5.41) is 4.34. The van der Waals surface area contributed by atoms with Crippen LogP contribution in [0.3, 0.4) is 0 Å². The first kappa shape index (κ1) is 12.9. The number of benzene rings is 2. The van der Waals surface area contributed by atoms with Gasteiger partial charge in [-0.15, -0.1) is 11.3 Å². The van der Waals surface area contributed by atoms with Crippen LogP contribution in [-0.4, -0.2) is 11.5 Å². The molecule has 0 saturated carbocycles. The summed E-state index contributed by atoms with van der Waals surface area (Å²) < 4.78 is 1.23. The molecule has 0 unspecified atom stereocenters. The van der Waals surface area contributed by atoms with Crippen molar-refractivity contribution >= 4 is 39.4 Å². The number of anilines is 1. The molecule has 0 saturated heterocycles. The highest BCUT2D eigenvalue weighted by Gasteiger charge is 1.99. The van der Waals surface area contributed by atoms with Crippen LogP contribution in [0.25, 0.3) is 22.4 Å². The smallest absolute Gasteiger partial charge is 0.117 e. The highest BCUT2D eigenvalue weighted by molar-refractivity contribution is 7.19. The van der Waals surface area contributed by atoms with Crippen LogP contribution in [0.5, 0.6) is 0 Å². The van der Waals surface area contributed by atoms with E-state index in [0.29, 0.717) is 0 Å². The van der Waals surface area contributed by atoms with Crippen molar-refractivity contribution in [2.75, 3.05) is 11.9 Å². The molecule has 0 aliphatic heterocycles. The van der Waals surface area contributed by atoms with Crippen LogP contribution in [0.2, 0.25) is 0 Å². The van der Waals surface area contributed by atoms with Crippen LogP contribution in [0.1, 0.15) is 17.5 Å². The molecule has 20 heavy (non-hydrogen) atoms. The van der Waals surface area contributed by atoms with E-state index in [4.69, 9.17) is 0 Å². The molecule has 100 valence electrons. The zero-order valence-corrected chi connectivity index (χ0v) is 12.2. The number of para-hydroxylation sites is 1. The SMILES string of the molecule is CCNc1ccc(/C=C/c2nc3ccccc3s2)cc1. The molecule has 2 aromatic carbocycles. The zero-order chi connectivity index (χ0) is 13.8. The number of aromatic nitrogens is 1. The zero-order valence-electron chi connectivity index (χ0n) is 11.3. The number of nitrogens with zero attached hydrogens (tertiary/aromatic N) is 1. The van der Waals surface area contributed by atoms with Gasteiger partial charge in [0.25, 0.3) is 0 Å². The second-order valence-corrected chi connectivity index (χ2v) is 5.57. The highest BCUT2D eigenvalue weighted by Crippen LogP contribution is 2.23. The standard InChI is InChI=1S/C17H16N2S/c1-2-18-14-10-7-13(8-11-14)9-12-17-19-15-5-3-4-6-16(15)20-17/h3-12,18H,2H2,1H3/b12-9+. The first-order valence-corrected chi connectivity index (χ1v) is 7.54.